The van der Waals surface area contributed by atoms with Gasteiger partial charge in [-0.15, -0.1) is 0 Å². The van der Waals surface area contributed by atoms with Crippen LogP contribution in [0.25, 0.3) is 0 Å². The maximum atomic E-state index is 12.4. The Bertz CT molecular complexity index is 547. The van der Waals surface area contributed by atoms with Gasteiger partial charge in [0, 0.05) is 11.8 Å². The number of hydrogen-bond donors (Lipinski definition) is 3. The molecule has 114 valence electrons. The molecule has 0 spiro atoms. The molecule has 2 aliphatic rings. The van der Waals surface area contributed by atoms with E-state index >= 15 is 0 Å². The number of nitrogens with two attached hydrogens (primary N) is 1. The van der Waals surface area contributed by atoms with Crippen LogP contribution in [-0.4, -0.2) is 30.0 Å². The molecule has 1 aliphatic heterocycles. The molecule has 0 aromatic heterocycles. The van der Waals surface area contributed by atoms with Crippen molar-refractivity contribution in [1.29, 1.82) is 0 Å². The van der Waals surface area contributed by atoms with Gasteiger partial charge < -0.3 is 25.6 Å². The summed E-state index contributed by atoms with van der Waals surface area (Å²) in [7, 11) is 0. The molecule has 1 saturated carbocycles. The van der Waals surface area contributed by atoms with Crippen molar-refractivity contribution in [2.24, 2.45) is 0 Å². The first-order valence-electron chi connectivity index (χ1n) is 7.33. The fourth-order valence-corrected chi connectivity index (χ4v) is 2.86. The number of benzene rings is 1. The number of carbonyl (C=O) groups excluding carboxylic acids is 1. The summed E-state index contributed by atoms with van der Waals surface area (Å²) in [6.45, 7) is 0.140. The predicted octanol–water partition coefficient (Wildman–Crippen LogP) is 1.42. The number of anilines is 1. The van der Waals surface area contributed by atoms with Gasteiger partial charge in [0.2, 0.25) is 6.79 Å². The predicted molar refractivity (Wildman–Crippen MR) is 77.3 cm³/mol. The Kier molecular flexibility index (Phi) is 3.88. The van der Waals surface area contributed by atoms with E-state index in [0.29, 0.717) is 22.7 Å². The number of nitrogen functional groups attached to an aromatic ring is 1. The topological polar surface area (TPSA) is 93.8 Å². The number of hydrogen-bond acceptors (Lipinski definition) is 5. The minimum absolute atomic E-state index is 0.140. The molecular weight excluding hydrogens is 272 g/mol. The van der Waals surface area contributed by atoms with E-state index in [2.05, 4.69) is 5.32 Å². The Balaban J connectivity index is 1.76. The lowest BCUT2D eigenvalue weighted by Crippen LogP contribution is -2.42. The van der Waals surface area contributed by atoms with Gasteiger partial charge in [-0.2, -0.15) is 0 Å². The van der Waals surface area contributed by atoms with Crippen LogP contribution in [0.2, 0.25) is 0 Å². The number of aliphatic hydroxyl groups is 1. The highest BCUT2D eigenvalue weighted by atomic mass is 16.7. The van der Waals surface area contributed by atoms with Crippen LogP contribution < -0.4 is 20.5 Å². The van der Waals surface area contributed by atoms with Gasteiger partial charge in [0.15, 0.2) is 11.5 Å². The monoisotopic (exact) mass is 292 g/mol. The first-order chi connectivity index (χ1) is 10.1. The fraction of sp³-hybridized carbons (Fsp3) is 0.533. The molecule has 2 atom stereocenters. The molecule has 6 heteroatoms. The summed E-state index contributed by atoms with van der Waals surface area (Å²) in [5, 5.41) is 13.0. The molecule has 1 amide bonds. The third-order valence-electron chi connectivity index (χ3n) is 4.09. The lowest BCUT2D eigenvalue weighted by atomic mass is 10.0. The summed E-state index contributed by atoms with van der Waals surface area (Å²) in [5.74, 6) is 0.797. The number of rotatable bonds is 2. The number of fused-ring (bicyclic) bond motifs is 1. The van der Waals surface area contributed by atoms with Crippen LogP contribution in [0.3, 0.4) is 0 Å². The van der Waals surface area contributed by atoms with Crippen molar-refractivity contribution < 1.29 is 19.4 Å². The molecule has 1 aromatic rings. The molecule has 4 N–H and O–H groups in total. The Morgan fingerprint density at radius 1 is 1.19 bits per heavy atom. The van der Waals surface area contributed by atoms with Crippen molar-refractivity contribution in [3.05, 3.63) is 17.7 Å². The smallest absolute Gasteiger partial charge is 0.253 e. The first kappa shape index (κ1) is 14.0. The molecule has 0 bridgehead atoms. The minimum atomic E-state index is -0.494. The Morgan fingerprint density at radius 3 is 2.71 bits per heavy atom. The SMILES string of the molecule is Nc1cc2c(cc1C(=O)NC1CCCCCC1O)OCO2. The molecule has 2 unspecified atom stereocenters. The molecule has 1 heterocycles. The molecule has 1 aromatic carbocycles. The lowest BCUT2D eigenvalue weighted by molar-refractivity contribution is 0.0819. The highest BCUT2D eigenvalue weighted by Crippen LogP contribution is 2.36. The van der Waals surface area contributed by atoms with Crippen molar-refractivity contribution in [2.75, 3.05) is 12.5 Å². The summed E-state index contributed by atoms with van der Waals surface area (Å²) in [4.78, 5) is 12.4. The van der Waals surface area contributed by atoms with E-state index in [0.717, 1.165) is 32.1 Å². The number of nitrogens with one attached hydrogen (secondary N) is 1. The minimum Gasteiger partial charge on any atom is -0.454 e. The zero-order valence-electron chi connectivity index (χ0n) is 11.8. The van der Waals surface area contributed by atoms with Crippen molar-refractivity contribution in [2.45, 2.75) is 44.2 Å². The van der Waals surface area contributed by atoms with Gasteiger partial charge in [-0.05, 0) is 18.9 Å². The van der Waals surface area contributed by atoms with Crippen LogP contribution in [0.15, 0.2) is 12.1 Å². The Labute approximate surface area is 123 Å². The van der Waals surface area contributed by atoms with E-state index < -0.39 is 6.10 Å². The van der Waals surface area contributed by atoms with Gasteiger partial charge in [-0.3, -0.25) is 4.79 Å². The molecular formula is C15H20N2O4. The molecule has 1 fully saturated rings. The average molecular weight is 292 g/mol. The second-order valence-electron chi connectivity index (χ2n) is 5.58. The van der Waals surface area contributed by atoms with Crippen LogP contribution in [0.5, 0.6) is 11.5 Å². The van der Waals surface area contributed by atoms with E-state index in [1.54, 1.807) is 12.1 Å². The average Bonchev–Trinajstić information content (AvgIpc) is 2.82. The summed E-state index contributed by atoms with van der Waals surface area (Å²) < 4.78 is 10.5. The zero-order valence-corrected chi connectivity index (χ0v) is 11.8. The second kappa shape index (κ2) is 5.81. The van der Waals surface area contributed by atoms with Crippen LogP contribution >= 0.6 is 0 Å². The summed E-state index contributed by atoms with van der Waals surface area (Å²) in [5.41, 5.74) is 6.61. The quantitative estimate of drug-likeness (QED) is 0.566. The Morgan fingerprint density at radius 2 is 1.90 bits per heavy atom. The summed E-state index contributed by atoms with van der Waals surface area (Å²) in [6.07, 6.45) is 4.12. The van der Waals surface area contributed by atoms with Gasteiger partial charge in [0.1, 0.15) is 0 Å². The molecule has 1 aliphatic carbocycles. The van der Waals surface area contributed by atoms with Gasteiger partial charge >= 0.3 is 0 Å². The molecule has 21 heavy (non-hydrogen) atoms. The van der Waals surface area contributed by atoms with Crippen molar-refractivity contribution in [3.63, 3.8) is 0 Å². The van der Waals surface area contributed by atoms with E-state index in [4.69, 9.17) is 15.2 Å². The van der Waals surface area contributed by atoms with E-state index in [1.165, 1.54) is 0 Å². The Hall–Kier alpha value is -1.95. The molecule has 0 saturated heterocycles. The summed E-state index contributed by atoms with van der Waals surface area (Å²) >= 11 is 0. The maximum absolute atomic E-state index is 12.4. The standard InChI is InChI=1S/C15H20N2O4/c16-10-7-14-13(20-8-21-14)6-9(10)15(19)17-11-4-2-1-3-5-12(11)18/h6-7,11-12,18H,1-5,8,16H2,(H,17,19). The van der Waals surface area contributed by atoms with Crippen molar-refractivity contribution in [3.8, 4) is 11.5 Å². The van der Waals surface area contributed by atoms with Gasteiger partial charge in [0.05, 0.1) is 17.7 Å². The fourth-order valence-electron chi connectivity index (χ4n) is 2.86. The number of aliphatic hydroxyl groups excluding tert-OH is 1. The van der Waals surface area contributed by atoms with Crippen LogP contribution in [0, 0.1) is 0 Å². The van der Waals surface area contributed by atoms with Crippen LogP contribution in [-0.2, 0) is 0 Å². The molecule has 6 nitrogen and oxygen atoms in total. The highest BCUT2D eigenvalue weighted by Gasteiger charge is 2.26. The van der Waals surface area contributed by atoms with Crippen molar-refractivity contribution in [1.82, 2.24) is 5.32 Å². The number of amides is 1. The van der Waals surface area contributed by atoms with Crippen LogP contribution in [0.1, 0.15) is 42.5 Å². The van der Waals surface area contributed by atoms with Crippen LogP contribution in [0.4, 0.5) is 5.69 Å². The summed E-state index contributed by atoms with van der Waals surface area (Å²) in [6, 6.07) is 2.97. The van der Waals surface area contributed by atoms with Gasteiger partial charge in [0.25, 0.3) is 5.91 Å². The highest BCUT2D eigenvalue weighted by molar-refractivity contribution is 6.00. The van der Waals surface area contributed by atoms with Gasteiger partial charge in [-0.1, -0.05) is 19.3 Å². The second-order valence-corrected chi connectivity index (χ2v) is 5.58. The van der Waals surface area contributed by atoms with E-state index in [1.807, 2.05) is 0 Å². The third-order valence-corrected chi connectivity index (χ3v) is 4.09. The van der Waals surface area contributed by atoms with E-state index in [9.17, 15) is 9.90 Å². The van der Waals surface area contributed by atoms with Gasteiger partial charge in [-0.25, -0.2) is 0 Å². The largest absolute Gasteiger partial charge is 0.454 e. The molecule has 3 rings (SSSR count). The lowest BCUT2D eigenvalue weighted by Gasteiger charge is -2.22. The maximum Gasteiger partial charge on any atom is 0.253 e. The first-order valence-corrected chi connectivity index (χ1v) is 7.33. The van der Waals surface area contributed by atoms with E-state index in [-0.39, 0.29) is 18.7 Å². The molecule has 0 radical (unpaired) electrons. The third kappa shape index (κ3) is 2.90. The number of carbonyl (C=O) groups is 1. The van der Waals surface area contributed by atoms with Crippen molar-refractivity contribution >= 4 is 11.6 Å². The normalized spacial score (nSPS) is 24.4. The zero-order chi connectivity index (χ0) is 14.8. The number of ether oxygens (including phenoxy) is 2.